The maximum absolute atomic E-state index is 12.4. The summed E-state index contributed by atoms with van der Waals surface area (Å²) in [5, 5.41) is 10.5. The van der Waals surface area contributed by atoms with Gasteiger partial charge in [0.15, 0.2) is 0 Å². The quantitative estimate of drug-likeness (QED) is 0.413. The Morgan fingerprint density at radius 1 is 0.821 bits per heavy atom. The van der Waals surface area contributed by atoms with Crippen molar-refractivity contribution in [3.05, 3.63) is 75.9 Å². The minimum absolute atomic E-state index is 0.0701. The van der Waals surface area contributed by atoms with E-state index in [2.05, 4.69) is 32.9 Å². The Balaban J connectivity index is 1.98. The molecule has 0 amide bonds. The predicted molar refractivity (Wildman–Crippen MR) is 115 cm³/mol. The molecule has 0 bridgehead atoms. The first-order valence-electron chi connectivity index (χ1n) is 9.86. The van der Waals surface area contributed by atoms with E-state index in [4.69, 9.17) is 0 Å². The second-order valence-corrected chi connectivity index (χ2v) is 7.69. The second kappa shape index (κ2) is 10.0. The van der Waals surface area contributed by atoms with Crippen LogP contribution in [0.5, 0.6) is 0 Å². The Morgan fingerprint density at radius 2 is 1.39 bits per heavy atom. The molecule has 0 saturated carbocycles. The zero-order chi connectivity index (χ0) is 20.7. The van der Waals surface area contributed by atoms with Gasteiger partial charge in [-0.05, 0) is 59.8 Å². The summed E-state index contributed by atoms with van der Waals surface area (Å²) >= 11 is 0. The van der Waals surface area contributed by atoms with Gasteiger partial charge in [0.2, 0.25) is 11.6 Å². The molecule has 1 aromatic rings. The fourth-order valence-corrected chi connectivity index (χ4v) is 3.22. The van der Waals surface area contributed by atoms with Gasteiger partial charge in [-0.25, -0.2) is 0 Å². The maximum Gasteiger partial charge on any atom is 0.234 e. The van der Waals surface area contributed by atoms with Gasteiger partial charge in [-0.3, -0.25) is 9.59 Å². The van der Waals surface area contributed by atoms with Crippen molar-refractivity contribution in [3.63, 3.8) is 0 Å². The van der Waals surface area contributed by atoms with E-state index in [1.165, 1.54) is 11.1 Å². The van der Waals surface area contributed by atoms with Crippen LogP contribution in [0.1, 0.15) is 75.7 Å². The van der Waals surface area contributed by atoms with Gasteiger partial charge in [0.05, 0.1) is 0 Å². The Morgan fingerprint density at radius 3 is 2.04 bits per heavy atom. The zero-order valence-electron chi connectivity index (χ0n) is 17.3. The van der Waals surface area contributed by atoms with Crippen molar-refractivity contribution in [3.8, 4) is 0 Å². The summed E-state index contributed by atoms with van der Waals surface area (Å²) in [5.74, 6) is -1.21. The molecule has 0 radical (unpaired) electrons. The molecule has 0 fully saturated rings. The van der Waals surface area contributed by atoms with Crippen LogP contribution in [0.15, 0.2) is 64.8 Å². The molecule has 0 spiro atoms. The Labute approximate surface area is 168 Å². The Bertz CT molecular complexity index is 875. The normalized spacial score (nSPS) is 15.0. The monoisotopic (exact) mass is 378 g/mol. The number of hydrogen-bond acceptors (Lipinski definition) is 3. The molecule has 148 valence electrons. The minimum Gasteiger partial charge on any atom is -0.507 e. The van der Waals surface area contributed by atoms with Gasteiger partial charge in [-0.15, -0.1) is 0 Å². The summed E-state index contributed by atoms with van der Waals surface area (Å²) in [6, 6.07) is 6.70. The molecule has 0 atom stereocenters. The van der Waals surface area contributed by atoms with Crippen LogP contribution in [0.2, 0.25) is 0 Å². The molecule has 0 aliphatic heterocycles. The number of carbonyl (C=O) groups excluding carboxylic acids is 2. The average Bonchev–Trinajstić information content (AvgIpc) is 2.66. The molecular formula is C25H30O3. The highest BCUT2D eigenvalue weighted by Gasteiger charge is 2.31. The molecule has 2 rings (SSSR count). The van der Waals surface area contributed by atoms with Crippen molar-refractivity contribution in [1.29, 1.82) is 0 Å². The lowest BCUT2D eigenvalue weighted by atomic mass is 9.87. The van der Waals surface area contributed by atoms with Crippen molar-refractivity contribution in [2.45, 2.75) is 59.8 Å². The summed E-state index contributed by atoms with van der Waals surface area (Å²) in [7, 11) is 0. The molecule has 0 heterocycles. The third kappa shape index (κ3) is 5.66. The Hall–Kier alpha value is -2.68. The van der Waals surface area contributed by atoms with Crippen molar-refractivity contribution < 1.29 is 14.7 Å². The highest BCUT2D eigenvalue weighted by molar-refractivity contribution is 6.52. The smallest absolute Gasteiger partial charge is 0.234 e. The number of aliphatic hydroxyl groups excluding tert-OH is 1. The number of ketones is 2. The first-order chi connectivity index (χ1) is 13.3. The lowest BCUT2D eigenvalue weighted by Gasteiger charge is -2.17. The van der Waals surface area contributed by atoms with E-state index in [1.807, 2.05) is 13.0 Å². The van der Waals surface area contributed by atoms with Gasteiger partial charge in [0.25, 0.3) is 0 Å². The molecule has 3 heteroatoms. The molecule has 0 aromatic heterocycles. The van der Waals surface area contributed by atoms with Gasteiger partial charge < -0.3 is 5.11 Å². The van der Waals surface area contributed by atoms with Gasteiger partial charge in [-0.1, -0.05) is 59.2 Å². The summed E-state index contributed by atoms with van der Waals surface area (Å²) in [5.41, 5.74) is 4.80. The first-order valence-corrected chi connectivity index (χ1v) is 9.86. The summed E-state index contributed by atoms with van der Waals surface area (Å²) in [6.07, 6.45) is 10.7. The summed E-state index contributed by atoms with van der Waals surface area (Å²) < 4.78 is 0. The van der Waals surface area contributed by atoms with Crippen LogP contribution < -0.4 is 0 Å². The van der Waals surface area contributed by atoms with E-state index in [-0.39, 0.29) is 23.3 Å². The van der Waals surface area contributed by atoms with Crippen LogP contribution in [0.4, 0.5) is 0 Å². The molecule has 28 heavy (non-hydrogen) atoms. The number of fused-ring (bicyclic) bond motifs is 1. The van der Waals surface area contributed by atoms with Gasteiger partial charge >= 0.3 is 0 Å². The van der Waals surface area contributed by atoms with Crippen LogP contribution in [-0.4, -0.2) is 16.7 Å². The van der Waals surface area contributed by atoms with Crippen LogP contribution in [0.3, 0.4) is 0 Å². The molecule has 3 nitrogen and oxygen atoms in total. The van der Waals surface area contributed by atoms with Gasteiger partial charge in [0.1, 0.15) is 5.76 Å². The standard InChI is InChI=1S/C25H30O3/c1-17(2)9-7-10-18(3)11-8-12-19(4)15-16-22-23(26)20-13-5-6-14-21(20)24(27)25(22)28/h5-6,9,11,13-15,26H,7-8,10,12,16H2,1-4H3/b18-11+,19-15+. The zero-order valence-corrected chi connectivity index (χ0v) is 17.3. The van der Waals surface area contributed by atoms with Gasteiger partial charge in [-0.2, -0.15) is 0 Å². The minimum atomic E-state index is -0.602. The third-order valence-electron chi connectivity index (χ3n) is 4.97. The fourth-order valence-electron chi connectivity index (χ4n) is 3.22. The number of benzene rings is 1. The van der Waals surface area contributed by atoms with Crippen LogP contribution in [0, 0.1) is 0 Å². The fraction of sp³-hybridized carbons (Fsp3) is 0.360. The number of hydrogen-bond donors (Lipinski definition) is 1. The topological polar surface area (TPSA) is 54.4 Å². The van der Waals surface area contributed by atoms with E-state index in [0.29, 0.717) is 5.56 Å². The van der Waals surface area contributed by atoms with E-state index in [1.54, 1.807) is 24.3 Å². The van der Waals surface area contributed by atoms with Gasteiger partial charge in [0, 0.05) is 16.7 Å². The highest BCUT2D eigenvalue weighted by atomic mass is 16.3. The van der Waals surface area contributed by atoms with E-state index in [9.17, 15) is 14.7 Å². The van der Waals surface area contributed by atoms with Crippen molar-refractivity contribution >= 4 is 17.3 Å². The number of Topliss-reactive ketones (excluding diaryl/α,β-unsaturated/α-hetero) is 2. The van der Waals surface area contributed by atoms with Crippen LogP contribution in [-0.2, 0) is 4.79 Å². The molecule has 0 unspecified atom stereocenters. The number of rotatable bonds is 8. The molecule has 1 aromatic carbocycles. The molecular weight excluding hydrogens is 348 g/mol. The molecule has 1 aliphatic carbocycles. The lowest BCUT2D eigenvalue weighted by Crippen LogP contribution is -2.23. The van der Waals surface area contributed by atoms with Crippen molar-refractivity contribution in [2.75, 3.05) is 0 Å². The predicted octanol–water partition coefficient (Wildman–Crippen LogP) is 6.53. The Kier molecular flexibility index (Phi) is 7.74. The van der Waals surface area contributed by atoms with Crippen molar-refractivity contribution in [1.82, 2.24) is 0 Å². The van der Waals surface area contributed by atoms with E-state index >= 15 is 0 Å². The highest BCUT2D eigenvalue weighted by Crippen LogP contribution is 2.29. The van der Waals surface area contributed by atoms with Crippen LogP contribution >= 0.6 is 0 Å². The van der Waals surface area contributed by atoms with Crippen LogP contribution in [0.25, 0.3) is 5.76 Å². The SMILES string of the molecule is CC(C)=CCC/C(C)=C/CC/C(C)=C/CC1=C(O)c2ccccc2C(=O)C1=O. The molecule has 1 N–H and O–H groups in total. The number of carbonyl (C=O) groups is 2. The third-order valence-corrected chi connectivity index (χ3v) is 4.97. The molecule has 1 aliphatic rings. The average molecular weight is 379 g/mol. The van der Waals surface area contributed by atoms with E-state index < -0.39 is 11.6 Å². The largest absolute Gasteiger partial charge is 0.507 e. The summed E-state index contributed by atoms with van der Waals surface area (Å²) in [4.78, 5) is 24.6. The van der Waals surface area contributed by atoms with Crippen molar-refractivity contribution in [2.24, 2.45) is 0 Å². The molecule has 0 saturated heterocycles. The summed E-state index contributed by atoms with van der Waals surface area (Å²) in [6.45, 7) is 8.41. The maximum atomic E-state index is 12.4. The second-order valence-electron chi connectivity index (χ2n) is 7.69. The lowest BCUT2D eigenvalue weighted by molar-refractivity contribution is -0.112. The van der Waals surface area contributed by atoms with E-state index in [0.717, 1.165) is 31.3 Å². The number of aliphatic hydroxyl groups is 1. The first kappa shape index (κ1) is 21.6. The number of allylic oxidation sites excluding steroid dienone is 7.